The van der Waals surface area contributed by atoms with Crippen molar-refractivity contribution in [1.82, 2.24) is 14.3 Å². The number of ether oxygens (including phenoxy) is 1. The zero-order valence-electron chi connectivity index (χ0n) is 11.9. The predicted octanol–water partition coefficient (Wildman–Crippen LogP) is 1.93. The molecule has 0 aliphatic carbocycles. The number of rotatable bonds is 2. The smallest absolute Gasteiger partial charge is 0.339 e. The Morgan fingerprint density at radius 3 is 3.00 bits per heavy atom. The van der Waals surface area contributed by atoms with Gasteiger partial charge < -0.3 is 14.0 Å². The van der Waals surface area contributed by atoms with E-state index in [0.717, 1.165) is 24.4 Å². The van der Waals surface area contributed by atoms with Gasteiger partial charge in [-0.3, -0.25) is 0 Å². The molecule has 0 saturated carbocycles. The number of piperidine rings is 1. The number of hydrogen-bond acceptors (Lipinski definition) is 4. The first-order valence-electron chi connectivity index (χ1n) is 6.93. The Labute approximate surface area is 118 Å². The third-order valence-electron chi connectivity index (χ3n) is 3.93. The van der Waals surface area contributed by atoms with Crippen LogP contribution in [0, 0.1) is 0 Å². The van der Waals surface area contributed by atoms with Crippen molar-refractivity contribution in [1.29, 1.82) is 0 Å². The van der Waals surface area contributed by atoms with Gasteiger partial charge in [0.15, 0.2) is 0 Å². The fourth-order valence-electron chi connectivity index (χ4n) is 2.85. The SMILES string of the molecule is COC(=O)c1ccc2nc(C3CCCN(C)C3)cn2c1. The Hall–Kier alpha value is -1.88. The summed E-state index contributed by atoms with van der Waals surface area (Å²) in [4.78, 5) is 18.6. The lowest BCUT2D eigenvalue weighted by Crippen LogP contribution is -2.30. The molecular weight excluding hydrogens is 254 g/mol. The standard InChI is InChI=1S/C15H19N3O2/c1-17-7-3-4-11(8-17)13-10-18-9-12(15(19)20-2)5-6-14(18)16-13/h5-6,9-11H,3-4,7-8H2,1-2H3. The van der Waals surface area contributed by atoms with E-state index in [-0.39, 0.29) is 5.97 Å². The number of fused-ring (bicyclic) bond motifs is 1. The molecule has 1 saturated heterocycles. The van der Waals surface area contributed by atoms with Crippen molar-refractivity contribution >= 4 is 11.6 Å². The highest BCUT2D eigenvalue weighted by molar-refractivity contribution is 5.89. The van der Waals surface area contributed by atoms with Crippen LogP contribution in [0.3, 0.4) is 0 Å². The van der Waals surface area contributed by atoms with Crippen LogP contribution >= 0.6 is 0 Å². The lowest BCUT2D eigenvalue weighted by Gasteiger charge is -2.28. The molecule has 5 heteroatoms. The monoisotopic (exact) mass is 273 g/mol. The van der Waals surface area contributed by atoms with Gasteiger partial charge in [0.2, 0.25) is 0 Å². The van der Waals surface area contributed by atoms with Gasteiger partial charge in [-0.1, -0.05) is 0 Å². The Morgan fingerprint density at radius 2 is 2.25 bits per heavy atom. The third kappa shape index (κ3) is 2.41. The van der Waals surface area contributed by atoms with Crippen molar-refractivity contribution in [2.45, 2.75) is 18.8 Å². The van der Waals surface area contributed by atoms with E-state index in [4.69, 9.17) is 4.74 Å². The zero-order valence-corrected chi connectivity index (χ0v) is 11.9. The Bertz CT molecular complexity index is 635. The van der Waals surface area contributed by atoms with E-state index in [1.54, 1.807) is 12.3 Å². The molecule has 1 aliphatic rings. The number of likely N-dealkylation sites (tertiary alicyclic amines) is 1. The molecular formula is C15H19N3O2. The molecule has 2 aromatic heterocycles. The van der Waals surface area contributed by atoms with Crippen LogP contribution in [0.4, 0.5) is 0 Å². The van der Waals surface area contributed by atoms with Crippen LogP contribution in [0.2, 0.25) is 0 Å². The molecule has 0 aromatic carbocycles. The molecule has 0 N–H and O–H groups in total. The van der Waals surface area contributed by atoms with Crippen LogP contribution in [-0.4, -0.2) is 47.5 Å². The molecule has 0 bridgehead atoms. The first kappa shape index (κ1) is 13.1. The molecule has 3 heterocycles. The number of pyridine rings is 1. The maximum atomic E-state index is 11.5. The number of imidazole rings is 1. The summed E-state index contributed by atoms with van der Waals surface area (Å²) < 4.78 is 6.66. The first-order valence-corrected chi connectivity index (χ1v) is 6.93. The Kier molecular flexibility index (Phi) is 3.44. The summed E-state index contributed by atoms with van der Waals surface area (Å²) in [7, 11) is 3.54. The van der Waals surface area contributed by atoms with Gasteiger partial charge in [-0.25, -0.2) is 9.78 Å². The highest BCUT2D eigenvalue weighted by Gasteiger charge is 2.21. The lowest BCUT2D eigenvalue weighted by molar-refractivity contribution is 0.0600. The zero-order chi connectivity index (χ0) is 14.1. The molecule has 3 rings (SSSR count). The van der Waals surface area contributed by atoms with Crippen molar-refractivity contribution in [2.24, 2.45) is 0 Å². The van der Waals surface area contributed by atoms with Crippen LogP contribution in [-0.2, 0) is 4.74 Å². The van der Waals surface area contributed by atoms with Crippen LogP contribution in [0.5, 0.6) is 0 Å². The number of carbonyl (C=O) groups excluding carboxylic acids is 1. The highest BCUT2D eigenvalue weighted by atomic mass is 16.5. The molecule has 1 unspecified atom stereocenters. The van der Waals surface area contributed by atoms with Crippen molar-refractivity contribution in [3.8, 4) is 0 Å². The molecule has 1 atom stereocenters. The second-order valence-electron chi connectivity index (χ2n) is 5.44. The maximum absolute atomic E-state index is 11.5. The fourth-order valence-corrected chi connectivity index (χ4v) is 2.85. The summed E-state index contributed by atoms with van der Waals surface area (Å²) in [5.41, 5.74) is 2.53. The molecule has 2 aromatic rings. The van der Waals surface area contributed by atoms with Gasteiger partial charge in [0.1, 0.15) is 5.65 Å². The molecule has 5 nitrogen and oxygen atoms in total. The van der Waals surface area contributed by atoms with Crippen LogP contribution in [0.15, 0.2) is 24.5 Å². The second kappa shape index (κ2) is 5.25. The number of aromatic nitrogens is 2. The van der Waals surface area contributed by atoms with Crippen molar-refractivity contribution in [2.75, 3.05) is 27.2 Å². The summed E-state index contributed by atoms with van der Waals surface area (Å²) in [5, 5.41) is 0. The number of hydrogen-bond donors (Lipinski definition) is 0. The fraction of sp³-hybridized carbons (Fsp3) is 0.467. The number of methoxy groups -OCH3 is 1. The van der Waals surface area contributed by atoms with E-state index < -0.39 is 0 Å². The molecule has 106 valence electrons. The molecule has 0 amide bonds. The predicted molar refractivity (Wildman–Crippen MR) is 76.0 cm³/mol. The molecule has 20 heavy (non-hydrogen) atoms. The summed E-state index contributed by atoms with van der Waals surface area (Å²) in [6.45, 7) is 2.21. The normalized spacial score (nSPS) is 20.2. The third-order valence-corrected chi connectivity index (χ3v) is 3.93. The van der Waals surface area contributed by atoms with Crippen LogP contribution in [0.25, 0.3) is 5.65 Å². The van der Waals surface area contributed by atoms with Gasteiger partial charge in [0, 0.05) is 24.9 Å². The maximum Gasteiger partial charge on any atom is 0.339 e. The van der Waals surface area contributed by atoms with E-state index in [1.807, 2.05) is 16.7 Å². The summed E-state index contributed by atoms with van der Waals surface area (Å²) in [6.07, 6.45) is 6.20. The lowest BCUT2D eigenvalue weighted by atomic mass is 9.96. The van der Waals surface area contributed by atoms with Gasteiger partial charge in [-0.15, -0.1) is 0 Å². The van der Waals surface area contributed by atoms with E-state index in [1.165, 1.54) is 20.0 Å². The molecule has 1 fully saturated rings. The molecule has 0 spiro atoms. The minimum absolute atomic E-state index is 0.320. The average molecular weight is 273 g/mol. The summed E-state index contributed by atoms with van der Waals surface area (Å²) >= 11 is 0. The number of esters is 1. The number of likely N-dealkylation sites (N-methyl/N-ethyl adjacent to an activating group) is 1. The van der Waals surface area contributed by atoms with E-state index in [0.29, 0.717) is 11.5 Å². The minimum atomic E-state index is -0.320. The second-order valence-corrected chi connectivity index (χ2v) is 5.44. The Balaban J connectivity index is 1.92. The van der Waals surface area contributed by atoms with Gasteiger partial charge >= 0.3 is 5.97 Å². The largest absolute Gasteiger partial charge is 0.465 e. The molecule has 1 aliphatic heterocycles. The van der Waals surface area contributed by atoms with E-state index >= 15 is 0 Å². The van der Waals surface area contributed by atoms with E-state index in [2.05, 4.69) is 16.9 Å². The van der Waals surface area contributed by atoms with Gasteiger partial charge in [0.25, 0.3) is 0 Å². The number of carbonyl (C=O) groups is 1. The van der Waals surface area contributed by atoms with Gasteiger partial charge in [-0.2, -0.15) is 0 Å². The topological polar surface area (TPSA) is 46.8 Å². The van der Waals surface area contributed by atoms with Gasteiger partial charge in [0.05, 0.1) is 18.4 Å². The van der Waals surface area contributed by atoms with E-state index in [9.17, 15) is 4.79 Å². The number of nitrogens with zero attached hydrogens (tertiary/aromatic N) is 3. The highest BCUT2D eigenvalue weighted by Crippen LogP contribution is 2.25. The summed E-state index contributed by atoms with van der Waals surface area (Å²) in [6, 6.07) is 3.62. The minimum Gasteiger partial charge on any atom is -0.465 e. The van der Waals surface area contributed by atoms with Crippen molar-refractivity contribution in [3.63, 3.8) is 0 Å². The van der Waals surface area contributed by atoms with Gasteiger partial charge in [-0.05, 0) is 38.6 Å². The van der Waals surface area contributed by atoms with Crippen molar-refractivity contribution in [3.05, 3.63) is 35.8 Å². The summed E-state index contributed by atoms with van der Waals surface area (Å²) in [5.74, 6) is 0.162. The first-order chi connectivity index (χ1) is 9.67. The van der Waals surface area contributed by atoms with Crippen molar-refractivity contribution < 1.29 is 9.53 Å². The molecule has 0 radical (unpaired) electrons. The quantitative estimate of drug-likeness (QED) is 0.784. The average Bonchev–Trinajstić information content (AvgIpc) is 2.89. The van der Waals surface area contributed by atoms with Crippen LogP contribution in [0.1, 0.15) is 34.8 Å². The van der Waals surface area contributed by atoms with Crippen LogP contribution < -0.4 is 0 Å². The Morgan fingerprint density at radius 1 is 1.40 bits per heavy atom.